The van der Waals surface area contributed by atoms with Gasteiger partial charge in [0.15, 0.2) is 5.11 Å². The van der Waals surface area contributed by atoms with Gasteiger partial charge in [0.05, 0.1) is 26.5 Å². The summed E-state index contributed by atoms with van der Waals surface area (Å²) < 4.78 is 10.3. The summed E-state index contributed by atoms with van der Waals surface area (Å²) in [5, 5.41) is 6.22. The van der Waals surface area contributed by atoms with Crippen molar-refractivity contribution in [2.45, 2.75) is 0 Å². The summed E-state index contributed by atoms with van der Waals surface area (Å²) in [4.78, 5) is 11.9. The van der Waals surface area contributed by atoms with Crippen LogP contribution < -0.4 is 31.0 Å². The van der Waals surface area contributed by atoms with E-state index in [0.717, 1.165) is 17.1 Å². The van der Waals surface area contributed by atoms with Crippen molar-refractivity contribution in [1.29, 1.82) is 0 Å². The van der Waals surface area contributed by atoms with Crippen LogP contribution in [0.1, 0.15) is 0 Å². The maximum absolute atomic E-state index is 11.9. The average Bonchev–Trinajstić information content (AvgIpc) is 2.65. The van der Waals surface area contributed by atoms with E-state index in [4.69, 9.17) is 21.7 Å². The SMILES string of the molecule is COc1ccc(NC(=S)NNC(=O)CNc2ccccc2OC)cc1. The number of amides is 1. The first-order chi connectivity index (χ1) is 12.1. The van der Waals surface area contributed by atoms with Gasteiger partial charge in [-0.05, 0) is 48.6 Å². The number of carbonyl (C=O) groups is 1. The molecular formula is C17H20N4O3S. The monoisotopic (exact) mass is 360 g/mol. The Morgan fingerprint density at radius 1 is 1.00 bits per heavy atom. The molecule has 0 unspecified atom stereocenters. The van der Waals surface area contributed by atoms with Crippen LogP contribution in [-0.2, 0) is 4.79 Å². The van der Waals surface area contributed by atoms with Gasteiger partial charge in [-0.2, -0.15) is 0 Å². The van der Waals surface area contributed by atoms with E-state index >= 15 is 0 Å². The summed E-state index contributed by atoms with van der Waals surface area (Å²) in [7, 11) is 3.18. The Hall–Kier alpha value is -3.00. The molecule has 0 radical (unpaired) electrons. The van der Waals surface area contributed by atoms with Gasteiger partial charge < -0.3 is 20.1 Å². The van der Waals surface area contributed by atoms with Crippen molar-refractivity contribution in [3.05, 3.63) is 48.5 Å². The molecule has 25 heavy (non-hydrogen) atoms. The van der Waals surface area contributed by atoms with E-state index in [9.17, 15) is 4.79 Å². The fourth-order valence-corrected chi connectivity index (χ4v) is 2.14. The number of hydrogen-bond acceptors (Lipinski definition) is 5. The number of anilines is 2. The third-order valence-electron chi connectivity index (χ3n) is 3.21. The van der Waals surface area contributed by atoms with Crippen LogP contribution in [0, 0.1) is 0 Å². The summed E-state index contributed by atoms with van der Waals surface area (Å²) in [6, 6.07) is 14.6. The minimum atomic E-state index is -0.273. The number of rotatable bonds is 6. The zero-order valence-corrected chi connectivity index (χ0v) is 14.8. The minimum absolute atomic E-state index is 0.0680. The minimum Gasteiger partial charge on any atom is -0.497 e. The number of para-hydroxylation sites is 2. The molecule has 1 amide bonds. The highest BCUT2D eigenvalue weighted by molar-refractivity contribution is 7.80. The predicted molar refractivity (Wildman–Crippen MR) is 102 cm³/mol. The molecule has 2 aromatic rings. The molecular weight excluding hydrogens is 340 g/mol. The number of thiocarbonyl (C=S) groups is 1. The molecule has 0 heterocycles. The standard InChI is InChI=1S/C17H20N4O3S/c1-23-13-9-7-12(8-10-13)19-17(25)21-20-16(22)11-18-14-5-3-4-6-15(14)24-2/h3-10,18H,11H2,1-2H3,(H,20,22)(H2,19,21,25). The smallest absolute Gasteiger partial charge is 0.257 e. The van der Waals surface area contributed by atoms with E-state index in [2.05, 4.69) is 21.5 Å². The number of hydrazine groups is 1. The normalized spacial score (nSPS) is 9.68. The first kappa shape index (κ1) is 18.3. The molecule has 0 spiro atoms. The van der Waals surface area contributed by atoms with Crippen molar-refractivity contribution in [3.8, 4) is 11.5 Å². The highest BCUT2D eigenvalue weighted by Gasteiger charge is 2.05. The van der Waals surface area contributed by atoms with Crippen LogP contribution in [-0.4, -0.2) is 31.8 Å². The summed E-state index contributed by atoms with van der Waals surface area (Å²) in [6.45, 7) is 0.0680. The van der Waals surface area contributed by atoms with Crippen LogP contribution in [0.3, 0.4) is 0 Å². The Bertz CT molecular complexity index is 722. The van der Waals surface area contributed by atoms with Crippen LogP contribution in [0.15, 0.2) is 48.5 Å². The number of methoxy groups -OCH3 is 2. The Kier molecular flexibility index (Phi) is 6.85. The van der Waals surface area contributed by atoms with E-state index in [-0.39, 0.29) is 17.6 Å². The molecule has 0 aliphatic rings. The van der Waals surface area contributed by atoms with Crippen molar-refractivity contribution >= 4 is 34.6 Å². The summed E-state index contributed by atoms with van der Waals surface area (Å²) in [6.07, 6.45) is 0. The molecule has 8 heteroatoms. The number of hydrogen-bond donors (Lipinski definition) is 4. The van der Waals surface area contributed by atoms with Crippen LogP contribution in [0.4, 0.5) is 11.4 Å². The maximum Gasteiger partial charge on any atom is 0.257 e. The van der Waals surface area contributed by atoms with E-state index < -0.39 is 0 Å². The van der Waals surface area contributed by atoms with Gasteiger partial charge in [0.1, 0.15) is 11.5 Å². The molecule has 0 aliphatic carbocycles. The third kappa shape index (κ3) is 5.85. The van der Waals surface area contributed by atoms with Gasteiger partial charge in [-0.3, -0.25) is 15.6 Å². The summed E-state index contributed by atoms with van der Waals surface area (Å²) in [5.41, 5.74) is 6.67. The third-order valence-corrected chi connectivity index (χ3v) is 3.41. The second-order valence-electron chi connectivity index (χ2n) is 4.91. The first-order valence-electron chi connectivity index (χ1n) is 7.49. The molecule has 0 fully saturated rings. The average molecular weight is 360 g/mol. The van der Waals surface area contributed by atoms with Gasteiger partial charge in [-0.25, -0.2) is 0 Å². The number of carbonyl (C=O) groups excluding carboxylic acids is 1. The molecule has 4 N–H and O–H groups in total. The van der Waals surface area contributed by atoms with E-state index in [1.54, 1.807) is 26.4 Å². The van der Waals surface area contributed by atoms with E-state index in [1.165, 1.54) is 0 Å². The van der Waals surface area contributed by atoms with Crippen molar-refractivity contribution in [2.75, 3.05) is 31.4 Å². The Morgan fingerprint density at radius 3 is 2.40 bits per heavy atom. The van der Waals surface area contributed by atoms with Crippen molar-refractivity contribution < 1.29 is 14.3 Å². The quantitative estimate of drug-likeness (QED) is 0.464. The Morgan fingerprint density at radius 2 is 1.72 bits per heavy atom. The maximum atomic E-state index is 11.9. The second kappa shape index (κ2) is 9.33. The predicted octanol–water partition coefficient (Wildman–Crippen LogP) is 2.13. The molecule has 0 bridgehead atoms. The molecule has 0 atom stereocenters. The van der Waals surface area contributed by atoms with Crippen LogP contribution in [0.2, 0.25) is 0 Å². The zero-order valence-electron chi connectivity index (χ0n) is 14.0. The highest BCUT2D eigenvalue weighted by atomic mass is 32.1. The molecule has 0 saturated carbocycles. The molecule has 0 saturated heterocycles. The lowest BCUT2D eigenvalue weighted by atomic mass is 10.3. The Balaban J connectivity index is 1.74. The largest absolute Gasteiger partial charge is 0.497 e. The number of ether oxygens (including phenoxy) is 2. The van der Waals surface area contributed by atoms with Gasteiger partial charge >= 0.3 is 0 Å². The first-order valence-corrected chi connectivity index (χ1v) is 7.90. The lowest BCUT2D eigenvalue weighted by molar-refractivity contribution is -0.119. The second-order valence-corrected chi connectivity index (χ2v) is 5.32. The number of nitrogens with one attached hydrogen (secondary N) is 4. The highest BCUT2D eigenvalue weighted by Crippen LogP contribution is 2.22. The fraction of sp³-hybridized carbons (Fsp3) is 0.176. The van der Waals surface area contributed by atoms with Gasteiger partial charge in [0, 0.05) is 5.69 Å². The van der Waals surface area contributed by atoms with Crippen LogP contribution >= 0.6 is 12.2 Å². The molecule has 7 nitrogen and oxygen atoms in total. The summed E-state index contributed by atoms with van der Waals surface area (Å²) in [5.74, 6) is 1.14. The van der Waals surface area contributed by atoms with Gasteiger partial charge in [0.25, 0.3) is 5.91 Å². The molecule has 2 aromatic carbocycles. The van der Waals surface area contributed by atoms with Crippen LogP contribution in [0.25, 0.3) is 0 Å². The van der Waals surface area contributed by atoms with Crippen LogP contribution in [0.5, 0.6) is 11.5 Å². The van der Waals surface area contributed by atoms with Gasteiger partial charge in [-0.1, -0.05) is 12.1 Å². The molecule has 0 aromatic heterocycles. The van der Waals surface area contributed by atoms with E-state index in [1.807, 2.05) is 36.4 Å². The van der Waals surface area contributed by atoms with Gasteiger partial charge in [-0.15, -0.1) is 0 Å². The lowest BCUT2D eigenvalue weighted by Gasteiger charge is -2.13. The summed E-state index contributed by atoms with van der Waals surface area (Å²) >= 11 is 5.12. The van der Waals surface area contributed by atoms with Crippen molar-refractivity contribution in [1.82, 2.24) is 10.9 Å². The van der Waals surface area contributed by atoms with Crippen molar-refractivity contribution in [2.24, 2.45) is 0 Å². The zero-order chi connectivity index (χ0) is 18.1. The number of benzene rings is 2. The lowest BCUT2D eigenvalue weighted by Crippen LogP contribution is -2.45. The topological polar surface area (TPSA) is 83.7 Å². The molecule has 2 rings (SSSR count). The molecule has 132 valence electrons. The molecule has 0 aliphatic heterocycles. The fourth-order valence-electron chi connectivity index (χ4n) is 1.97. The van der Waals surface area contributed by atoms with Gasteiger partial charge in [0.2, 0.25) is 0 Å². The van der Waals surface area contributed by atoms with Crippen molar-refractivity contribution in [3.63, 3.8) is 0 Å². The Labute approximate surface area is 151 Å². The van der Waals surface area contributed by atoms with E-state index in [0.29, 0.717) is 5.75 Å².